The van der Waals surface area contributed by atoms with Gasteiger partial charge < -0.3 is 20.0 Å². The number of nitro groups is 1. The lowest BCUT2D eigenvalue weighted by Gasteiger charge is -2.08. The Morgan fingerprint density at radius 2 is 1.64 bits per heavy atom. The van der Waals surface area contributed by atoms with E-state index in [0.717, 1.165) is 0 Å². The van der Waals surface area contributed by atoms with Crippen molar-refractivity contribution in [3.05, 3.63) is 63.7 Å². The lowest BCUT2D eigenvalue weighted by Crippen LogP contribution is -2.15. The summed E-state index contributed by atoms with van der Waals surface area (Å²) in [5.74, 6) is -0.00763. The first-order valence-corrected chi connectivity index (χ1v) is 6.98. The molecule has 0 aliphatic carbocycles. The maximum Gasteiger partial charge on any atom is 0.365 e. The second-order valence-electron chi connectivity index (χ2n) is 4.73. The van der Waals surface area contributed by atoms with Gasteiger partial charge in [0.2, 0.25) is 0 Å². The van der Waals surface area contributed by atoms with Crippen LogP contribution in [0.15, 0.2) is 47.6 Å². The van der Waals surface area contributed by atoms with E-state index in [-0.39, 0.29) is 17.1 Å². The van der Waals surface area contributed by atoms with Crippen LogP contribution in [0.1, 0.15) is 15.9 Å². The number of benzene rings is 2. The molecular formula is C16H15N3O6. The van der Waals surface area contributed by atoms with E-state index in [1.54, 1.807) is 6.07 Å². The number of carbonyl (C=O) groups is 1. The van der Waals surface area contributed by atoms with Crippen LogP contribution in [0.25, 0.3) is 0 Å². The zero-order valence-corrected chi connectivity index (χ0v) is 13.5. The molecule has 0 bridgehead atoms. The number of methoxy groups -OCH3 is 2. The molecule has 0 heterocycles. The highest BCUT2D eigenvalue weighted by Gasteiger charge is 2.13. The highest BCUT2D eigenvalue weighted by atomic mass is 16.7. The highest BCUT2D eigenvalue weighted by molar-refractivity contribution is 5.98. The molecule has 0 aliphatic heterocycles. The fourth-order valence-electron chi connectivity index (χ4n) is 1.91. The number of hydrogen-bond acceptors (Lipinski definition) is 7. The summed E-state index contributed by atoms with van der Waals surface area (Å²) in [7, 11) is 2.92. The van der Waals surface area contributed by atoms with Crippen LogP contribution >= 0.6 is 0 Å². The van der Waals surface area contributed by atoms with Gasteiger partial charge in [-0.1, -0.05) is 5.16 Å². The van der Waals surface area contributed by atoms with Gasteiger partial charge in [0.25, 0.3) is 5.69 Å². The van der Waals surface area contributed by atoms with E-state index in [4.69, 9.17) is 20.0 Å². The molecule has 0 saturated carbocycles. The lowest BCUT2D eigenvalue weighted by atomic mass is 10.2. The van der Waals surface area contributed by atoms with Gasteiger partial charge in [0, 0.05) is 17.7 Å². The molecule has 2 rings (SSSR count). The van der Waals surface area contributed by atoms with Crippen LogP contribution in [-0.2, 0) is 4.84 Å². The van der Waals surface area contributed by atoms with Gasteiger partial charge in [0.1, 0.15) is 0 Å². The van der Waals surface area contributed by atoms with Crippen molar-refractivity contribution in [3.63, 3.8) is 0 Å². The standard InChI is InChI=1S/C16H15N3O6/c1-23-13-8-5-11(9-14(13)24-2)16(20)25-18-15(17)10-3-6-12(7-4-10)19(21)22/h3-9H,1-2H3,(H2,17,18). The van der Waals surface area contributed by atoms with Gasteiger partial charge in [0.15, 0.2) is 17.3 Å². The quantitative estimate of drug-likeness (QED) is 0.279. The summed E-state index contributed by atoms with van der Waals surface area (Å²) in [6.45, 7) is 0. The van der Waals surface area contributed by atoms with Crippen molar-refractivity contribution in [2.24, 2.45) is 10.9 Å². The molecule has 2 N–H and O–H groups in total. The van der Waals surface area contributed by atoms with Crippen molar-refractivity contribution in [3.8, 4) is 11.5 Å². The summed E-state index contributed by atoms with van der Waals surface area (Å²) in [5, 5.41) is 14.2. The van der Waals surface area contributed by atoms with E-state index in [1.807, 2.05) is 0 Å². The topological polar surface area (TPSA) is 126 Å². The van der Waals surface area contributed by atoms with Crippen molar-refractivity contribution >= 4 is 17.5 Å². The van der Waals surface area contributed by atoms with Crippen molar-refractivity contribution < 1.29 is 24.0 Å². The molecular weight excluding hydrogens is 330 g/mol. The molecule has 2 aromatic rings. The summed E-state index contributed by atoms with van der Waals surface area (Å²) in [4.78, 5) is 26.9. The first-order chi connectivity index (χ1) is 12.0. The molecule has 0 atom stereocenters. The normalized spacial score (nSPS) is 10.9. The summed E-state index contributed by atoms with van der Waals surface area (Å²) < 4.78 is 10.2. The fourth-order valence-corrected chi connectivity index (χ4v) is 1.91. The minimum absolute atomic E-state index is 0.0844. The molecule has 130 valence electrons. The lowest BCUT2D eigenvalue weighted by molar-refractivity contribution is -0.384. The van der Waals surface area contributed by atoms with Gasteiger partial charge in [-0.25, -0.2) is 4.79 Å². The SMILES string of the molecule is COc1ccc(C(=O)O/N=C(\N)c2ccc([N+](=O)[O-])cc2)cc1OC. The Kier molecular flexibility index (Phi) is 5.51. The van der Waals surface area contributed by atoms with E-state index in [2.05, 4.69) is 5.16 Å². The second-order valence-corrected chi connectivity index (χ2v) is 4.73. The number of nitro benzene ring substituents is 1. The maximum atomic E-state index is 12.0. The molecule has 0 aliphatic rings. The summed E-state index contributed by atoms with van der Waals surface area (Å²) in [5.41, 5.74) is 6.20. The predicted molar refractivity (Wildman–Crippen MR) is 88.8 cm³/mol. The first-order valence-electron chi connectivity index (χ1n) is 6.98. The first kappa shape index (κ1) is 17.7. The average Bonchev–Trinajstić information content (AvgIpc) is 2.65. The largest absolute Gasteiger partial charge is 0.493 e. The van der Waals surface area contributed by atoms with E-state index in [0.29, 0.717) is 17.1 Å². The molecule has 9 heteroatoms. The smallest absolute Gasteiger partial charge is 0.365 e. The summed E-state index contributed by atoms with van der Waals surface area (Å²) in [6, 6.07) is 9.84. The van der Waals surface area contributed by atoms with Gasteiger partial charge in [-0.15, -0.1) is 0 Å². The summed E-state index contributed by atoms with van der Waals surface area (Å²) in [6.07, 6.45) is 0. The maximum absolute atomic E-state index is 12.0. The molecule has 0 spiro atoms. The van der Waals surface area contributed by atoms with E-state index >= 15 is 0 Å². The zero-order valence-electron chi connectivity index (χ0n) is 13.5. The van der Waals surface area contributed by atoms with Crippen LogP contribution in [0.2, 0.25) is 0 Å². The second kappa shape index (κ2) is 7.77. The number of nitrogens with zero attached hydrogens (tertiary/aromatic N) is 2. The molecule has 0 amide bonds. The number of hydrogen-bond donors (Lipinski definition) is 1. The van der Waals surface area contributed by atoms with Crippen molar-refractivity contribution in [1.82, 2.24) is 0 Å². The molecule has 0 unspecified atom stereocenters. The third-order valence-corrected chi connectivity index (χ3v) is 3.22. The Morgan fingerprint density at radius 3 is 2.20 bits per heavy atom. The molecule has 0 aromatic heterocycles. The van der Waals surface area contributed by atoms with Gasteiger partial charge in [0.05, 0.1) is 24.7 Å². The molecule has 0 radical (unpaired) electrons. The Hall–Kier alpha value is -3.62. The van der Waals surface area contributed by atoms with Crippen LogP contribution < -0.4 is 15.2 Å². The van der Waals surface area contributed by atoms with Gasteiger partial charge in [-0.05, 0) is 30.3 Å². The summed E-state index contributed by atoms with van der Waals surface area (Å²) >= 11 is 0. The van der Waals surface area contributed by atoms with Crippen molar-refractivity contribution in [1.29, 1.82) is 0 Å². The Bertz CT molecular complexity index is 817. The molecule has 25 heavy (non-hydrogen) atoms. The van der Waals surface area contributed by atoms with Gasteiger partial charge in [-0.3, -0.25) is 10.1 Å². The molecule has 0 fully saturated rings. The fraction of sp³-hybridized carbons (Fsp3) is 0.125. The van der Waals surface area contributed by atoms with Crippen LogP contribution in [0.4, 0.5) is 5.69 Å². The predicted octanol–water partition coefficient (Wildman–Crippen LogP) is 2.09. The minimum Gasteiger partial charge on any atom is -0.493 e. The number of carbonyl (C=O) groups excluding carboxylic acids is 1. The van der Waals surface area contributed by atoms with Crippen LogP contribution in [0.5, 0.6) is 11.5 Å². The van der Waals surface area contributed by atoms with E-state index < -0.39 is 10.9 Å². The van der Waals surface area contributed by atoms with Crippen LogP contribution in [0.3, 0.4) is 0 Å². The average molecular weight is 345 g/mol. The number of nitrogens with two attached hydrogens (primary N) is 1. The van der Waals surface area contributed by atoms with Crippen molar-refractivity contribution in [2.75, 3.05) is 14.2 Å². The Morgan fingerprint density at radius 1 is 1.04 bits per heavy atom. The minimum atomic E-state index is -0.745. The number of rotatable bonds is 6. The van der Waals surface area contributed by atoms with Crippen LogP contribution in [0, 0.1) is 10.1 Å². The Balaban J connectivity index is 2.12. The monoisotopic (exact) mass is 345 g/mol. The third-order valence-electron chi connectivity index (χ3n) is 3.22. The number of non-ortho nitro benzene ring substituents is 1. The van der Waals surface area contributed by atoms with Gasteiger partial charge in [-0.2, -0.15) is 0 Å². The van der Waals surface area contributed by atoms with Gasteiger partial charge >= 0.3 is 5.97 Å². The number of oxime groups is 1. The Labute approximate surface area is 142 Å². The van der Waals surface area contributed by atoms with E-state index in [1.165, 1.54) is 50.6 Å². The highest BCUT2D eigenvalue weighted by Crippen LogP contribution is 2.27. The van der Waals surface area contributed by atoms with E-state index in [9.17, 15) is 14.9 Å². The molecule has 0 saturated heterocycles. The van der Waals surface area contributed by atoms with Crippen LogP contribution in [-0.4, -0.2) is 30.9 Å². The number of ether oxygens (including phenoxy) is 2. The van der Waals surface area contributed by atoms with Crippen molar-refractivity contribution in [2.45, 2.75) is 0 Å². The number of amidine groups is 1. The molecule has 9 nitrogen and oxygen atoms in total. The molecule has 2 aromatic carbocycles. The zero-order chi connectivity index (χ0) is 18.4. The third kappa shape index (κ3) is 4.22.